The number of carbonyl (C=O) groups excluding carboxylic acids is 1. The number of rotatable bonds is 4. The number of hydrogen-bond acceptors (Lipinski definition) is 1. The van der Waals surface area contributed by atoms with Crippen LogP contribution in [0.15, 0.2) is 0 Å². The van der Waals surface area contributed by atoms with Gasteiger partial charge in [0, 0.05) is 5.92 Å². The Morgan fingerprint density at radius 3 is 2.00 bits per heavy atom. The molecule has 0 radical (unpaired) electrons. The summed E-state index contributed by atoms with van der Waals surface area (Å²) < 4.78 is 0. The summed E-state index contributed by atoms with van der Waals surface area (Å²) in [6, 6.07) is 0. The first kappa shape index (κ1) is 12.4. The van der Waals surface area contributed by atoms with Gasteiger partial charge in [-0.05, 0) is 19.8 Å². The van der Waals surface area contributed by atoms with Crippen LogP contribution in [0.2, 0.25) is 0 Å². The van der Waals surface area contributed by atoms with Gasteiger partial charge in [-0.25, -0.2) is 0 Å². The lowest BCUT2D eigenvalue weighted by Gasteiger charge is -2.07. The number of ketones is 1. The van der Waals surface area contributed by atoms with E-state index in [0.717, 1.165) is 19.3 Å². The largest absolute Gasteiger partial charge is 0.300 e. The van der Waals surface area contributed by atoms with Gasteiger partial charge in [0.1, 0.15) is 5.78 Å². The predicted molar refractivity (Wildman–Crippen MR) is 46.1 cm³/mol. The molecule has 0 rings (SSSR count). The van der Waals surface area contributed by atoms with Crippen LogP contribution in [0, 0.1) is 5.92 Å². The molecule has 0 heterocycles. The van der Waals surface area contributed by atoms with Crippen LogP contribution in [0.4, 0.5) is 0 Å². The molecule has 1 nitrogen and oxygen atoms in total. The van der Waals surface area contributed by atoms with Crippen molar-refractivity contribution in [2.75, 3.05) is 0 Å². The summed E-state index contributed by atoms with van der Waals surface area (Å²) in [6.45, 7) is 5.87. The molecule has 0 aliphatic heterocycles. The van der Waals surface area contributed by atoms with Gasteiger partial charge in [-0.1, -0.05) is 27.7 Å². The highest BCUT2D eigenvalue weighted by molar-refractivity contribution is 5.78. The van der Waals surface area contributed by atoms with E-state index in [0.29, 0.717) is 11.7 Å². The van der Waals surface area contributed by atoms with Crippen LogP contribution in [0.1, 0.15) is 47.5 Å². The van der Waals surface area contributed by atoms with Crippen molar-refractivity contribution in [1.29, 1.82) is 0 Å². The van der Waals surface area contributed by atoms with Crippen LogP contribution >= 0.6 is 0 Å². The summed E-state index contributed by atoms with van der Waals surface area (Å²) in [6.07, 6.45) is 3.19. The molecule has 1 atom stereocenters. The van der Waals surface area contributed by atoms with Crippen LogP contribution in [0.5, 0.6) is 0 Å². The van der Waals surface area contributed by atoms with E-state index in [4.69, 9.17) is 0 Å². The molecule has 1 unspecified atom stereocenters. The molecule has 0 aliphatic rings. The van der Waals surface area contributed by atoms with Crippen molar-refractivity contribution < 1.29 is 4.79 Å². The van der Waals surface area contributed by atoms with Crippen molar-refractivity contribution in [2.45, 2.75) is 47.5 Å². The van der Waals surface area contributed by atoms with E-state index in [2.05, 4.69) is 13.8 Å². The van der Waals surface area contributed by atoms with Gasteiger partial charge in [-0.3, -0.25) is 4.79 Å². The average molecular weight is 144 g/mol. The van der Waals surface area contributed by atoms with Crippen LogP contribution in [-0.2, 0) is 4.79 Å². The summed E-state index contributed by atoms with van der Waals surface area (Å²) >= 11 is 0. The Balaban J connectivity index is 0. The van der Waals surface area contributed by atoms with Crippen LogP contribution in [0.25, 0.3) is 0 Å². The first-order valence-electron chi connectivity index (χ1n) is 3.72. The highest BCUT2D eigenvalue weighted by Crippen LogP contribution is 2.10. The maximum atomic E-state index is 10.8. The highest BCUT2D eigenvalue weighted by atomic mass is 16.1. The lowest BCUT2D eigenvalue weighted by atomic mass is 9.97. The molecule has 0 N–H and O–H groups in total. The van der Waals surface area contributed by atoms with Crippen molar-refractivity contribution in [3.05, 3.63) is 0 Å². The standard InChI is InChI=1S/C8H16O.CH4/c1-4-6-8(5-2)7(3)9;/h8H,4-6H2,1-3H3;1H4. The van der Waals surface area contributed by atoms with E-state index < -0.39 is 0 Å². The fraction of sp³-hybridized carbons (Fsp3) is 0.889. The van der Waals surface area contributed by atoms with E-state index >= 15 is 0 Å². The first-order valence-corrected chi connectivity index (χ1v) is 3.72. The summed E-state index contributed by atoms with van der Waals surface area (Å²) in [5, 5.41) is 0. The van der Waals surface area contributed by atoms with Crippen molar-refractivity contribution in [3.63, 3.8) is 0 Å². The van der Waals surface area contributed by atoms with E-state index in [1.807, 2.05) is 0 Å². The minimum Gasteiger partial charge on any atom is -0.300 e. The van der Waals surface area contributed by atoms with E-state index in [9.17, 15) is 4.79 Å². The maximum Gasteiger partial charge on any atom is 0.132 e. The molecule has 0 aliphatic carbocycles. The molecule has 0 amide bonds. The van der Waals surface area contributed by atoms with Gasteiger partial charge in [0.2, 0.25) is 0 Å². The van der Waals surface area contributed by atoms with E-state index in [1.165, 1.54) is 0 Å². The molecule has 0 saturated heterocycles. The second-order valence-corrected chi connectivity index (χ2v) is 2.50. The van der Waals surface area contributed by atoms with Gasteiger partial charge < -0.3 is 0 Å². The quantitative estimate of drug-likeness (QED) is 0.592. The summed E-state index contributed by atoms with van der Waals surface area (Å²) in [5.74, 6) is 0.675. The number of Topliss-reactive ketones (excluding diaryl/α,β-unsaturated/α-hetero) is 1. The Morgan fingerprint density at radius 1 is 1.40 bits per heavy atom. The third-order valence-electron chi connectivity index (χ3n) is 1.70. The van der Waals surface area contributed by atoms with E-state index in [1.54, 1.807) is 6.92 Å². The Morgan fingerprint density at radius 2 is 1.90 bits per heavy atom. The highest BCUT2D eigenvalue weighted by Gasteiger charge is 2.08. The molecule has 62 valence electrons. The molecule has 0 spiro atoms. The predicted octanol–water partition coefficient (Wildman–Crippen LogP) is 3.04. The zero-order valence-electron chi connectivity index (χ0n) is 6.61. The topological polar surface area (TPSA) is 17.1 Å². The first-order chi connectivity index (χ1) is 4.22. The van der Waals surface area contributed by atoms with Crippen molar-refractivity contribution in [1.82, 2.24) is 0 Å². The minimum atomic E-state index is 0. The lowest BCUT2D eigenvalue weighted by Crippen LogP contribution is -2.08. The zero-order valence-corrected chi connectivity index (χ0v) is 6.61. The molecular formula is C9H20O. The number of hydrogen-bond donors (Lipinski definition) is 0. The second-order valence-electron chi connectivity index (χ2n) is 2.50. The molecule has 0 aromatic carbocycles. The van der Waals surface area contributed by atoms with Crippen LogP contribution in [-0.4, -0.2) is 5.78 Å². The monoisotopic (exact) mass is 144 g/mol. The molecule has 10 heavy (non-hydrogen) atoms. The van der Waals surface area contributed by atoms with Crippen molar-refractivity contribution in [3.8, 4) is 0 Å². The average Bonchev–Trinajstić information content (AvgIpc) is 1.82. The van der Waals surface area contributed by atoms with Gasteiger partial charge in [0.05, 0.1) is 0 Å². The Kier molecular flexibility index (Phi) is 8.38. The SMILES string of the molecule is C.CCCC(CC)C(C)=O. The molecule has 0 fully saturated rings. The summed E-state index contributed by atoms with van der Waals surface area (Å²) in [7, 11) is 0. The van der Waals surface area contributed by atoms with Crippen molar-refractivity contribution >= 4 is 5.78 Å². The van der Waals surface area contributed by atoms with Crippen molar-refractivity contribution in [2.24, 2.45) is 5.92 Å². The summed E-state index contributed by atoms with van der Waals surface area (Å²) in [5.41, 5.74) is 0. The maximum absolute atomic E-state index is 10.8. The summed E-state index contributed by atoms with van der Waals surface area (Å²) in [4.78, 5) is 10.8. The molecule has 0 bridgehead atoms. The molecule has 0 saturated carbocycles. The minimum absolute atomic E-state index is 0. The molecule has 1 heteroatoms. The third-order valence-corrected chi connectivity index (χ3v) is 1.70. The Bertz CT molecular complexity index is 86.7. The van der Waals surface area contributed by atoms with Gasteiger partial charge in [-0.2, -0.15) is 0 Å². The fourth-order valence-electron chi connectivity index (χ4n) is 1.04. The normalized spacial score (nSPS) is 11.9. The van der Waals surface area contributed by atoms with Gasteiger partial charge in [0.15, 0.2) is 0 Å². The smallest absolute Gasteiger partial charge is 0.132 e. The van der Waals surface area contributed by atoms with Gasteiger partial charge in [0.25, 0.3) is 0 Å². The van der Waals surface area contributed by atoms with Crippen LogP contribution in [0.3, 0.4) is 0 Å². The molecule has 0 aromatic rings. The second kappa shape index (κ2) is 6.79. The van der Waals surface area contributed by atoms with E-state index in [-0.39, 0.29) is 7.43 Å². The Labute approximate surface area is 64.8 Å². The van der Waals surface area contributed by atoms with Gasteiger partial charge in [-0.15, -0.1) is 0 Å². The Hall–Kier alpha value is -0.330. The zero-order chi connectivity index (χ0) is 7.28. The third kappa shape index (κ3) is 4.54. The van der Waals surface area contributed by atoms with Crippen LogP contribution < -0.4 is 0 Å². The number of carbonyl (C=O) groups is 1. The molecule has 0 aromatic heterocycles. The molecular weight excluding hydrogens is 124 g/mol. The fourth-order valence-corrected chi connectivity index (χ4v) is 1.04. The van der Waals surface area contributed by atoms with Gasteiger partial charge >= 0.3 is 0 Å². The lowest BCUT2D eigenvalue weighted by molar-refractivity contribution is -0.121.